The Balaban J connectivity index is 1.85. The lowest BCUT2D eigenvalue weighted by Crippen LogP contribution is -2.17. The van der Waals surface area contributed by atoms with Crippen LogP contribution in [0.3, 0.4) is 0 Å². The molecule has 2 aromatic carbocycles. The van der Waals surface area contributed by atoms with E-state index in [1.54, 1.807) is 38.5 Å². The van der Waals surface area contributed by atoms with Crippen LogP contribution in [0.5, 0.6) is 17.2 Å². The molecule has 0 aliphatic carbocycles. The number of carbonyl (C=O) groups excluding carboxylic acids is 1. The molecule has 0 fully saturated rings. The molecule has 136 valence electrons. The summed E-state index contributed by atoms with van der Waals surface area (Å²) < 4.78 is 18.9. The smallest absolute Gasteiger partial charge is 0.286 e. The Hall–Kier alpha value is -2.51. The highest BCUT2D eigenvalue weighted by Gasteiger charge is 2.11. The van der Waals surface area contributed by atoms with Crippen LogP contribution in [0.15, 0.2) is 41.4 Å². The molecule has 3 aromatic rings. The summed E-state index contributed by atoms with van der Waals surface area (Å²) in [6, 6.07) is 10.5. The van der Waals surface area contributed by atoms with Crippen LogP contribution in [0.4, 0.5) is 0 Å². The Morgan fingerprint density at radius 2 is 1.81 bits per heavy atom. The van der Waals surface area contributed by atoms with E-state index in [0.29, 0.717) is 27.1 Å². The number of carbonyl (C=O) groups is 1. The summed E-state index contributed by atoms with van der Waals surface area (Å²) in [7, 11) is 5.01. The number of hydrogen-bond donors (Lipinski definition) is 0. The number of amides is 1. The van der Waals surface area contributed by atoms with Crippen molar-refractivity contribution >= 4 is 39.1 Å². The fraction of sp³-hybridized carbons (Fsp3) is 0.222. The summed E-state index contributed by atoms with van der Waals surface area (Å²) in [6.07, 6.45) is 0. The molecule has 0 saturated carbocycles. The van der Waals surface area contributed by atoms with Crippen molar-refractivity contribution < 1.29 is 19.0 Å². The maximum atomic E-state index is 12.2. The quantitative estimate of drug-likeness (QED) is 0.667. The Morgan fingerprint density at radius 3 is 2.46 bits per heavy atom. The van der Waals surface area contributed by atoms with Crippen LogP contribution in [-0.4, -0.2) is 31.3 Å². The van der Waals surface area contributed by atoms with E-state index >= 15 is 0 Å². The predicted molar refractivity (Wildman–Crippen MR) is 101 cm³/mol. The average molecular weight is 393 g/mol. The highest BCUT2D eigenvalue weighted by Crippen LogP contribution is 2.33. The third-order valence-electron chi connectivity index (χ3n) is 3.71. The van der Waals surface area contributed by atoms with Crippen molar-refractivity contribution in [2.75, 3.05) is 20.8 Å². The van der Waals surface area contributed by atoms with Crippen molar-refractivity contribution in [2.45, 2.75) is 0 Å². The van der Waals surface area contributed by atoms with Crippen LogP contribution < -0.4 is 19.0 Å². The Morgan fingerprint density at radius 1 is 1.15 bits per heavy atom. The van der Waals surface area contributed by atoms with Gasteiger partial charge in [0.15, 0.2) is 22.9 Å². The van der Waals surface area contributed by atoms with E-state index in [1.165, 1.54) is 11.3 Å². The molecule has 0 radical (unpaired) electrons. The largest absolute Gasteiger partial charge is 0.493 e. The zero-order valence-electron chi connectivity index (χ0n) is 14.5. The van der Waals surface area contributed by atoms with Gasteiger partial charge in [0.05, 0.1) is 24.4 Å². The van der Waals surface area contributed by atoms with Crippen LogP contribution in [0, 0.1) is 0 Å². The van der Waals surface area contributed by atoms with Crippen LogP contribution >= 0.6 is 22.9 Å². The zero-order chi connectivity index (χ0) is 18.7. The van der Waals surface area contributed by atoms with Crippen molar-refractivity contribution in [2.24, 2.45) is 12.0 Å². The number of nitrogens with zero attached hydrogens (tertiary/aromatic N) is 2. The number of hydrogen-bond acceptors (Lipinski definition) is 5. The van der Waals surface area contributed by atoms with Gasteiger partial charge in [0.1, 0.15) is 5.75 Å². The summed E-state index contributed by atoms with van der Waals surface area (Å²) in [5.41, 5.74) is 0.901. The van der Waals surface area contributed by atoms with Crippen molar-refractivity contribution in [1.82, 2.24) is 4.57 Å². The predicted octanol–water partition coefficient (Wildman–Crippen LogP) is 3.42. The molecule has 6 nitrogen and oxygen atoms in total. The second-order valence-corrected chi connectivity index (χ2v) is 6.81. The van der Waals surface area contributed by atoms with Crippen LogP contribution in [-0.2, 0) is 11.8 Å². The first-order valence-electron chi connectivity index (χ1n) is 7.69. The Bertz CT molecular complexity index is 1010. The average Bonchev–Trinajstić information content (AvgIpc) is 2.95. The summed E-state index contributed by atoms with van der Waals surface area (Å²) >= 11 is 7.21. The van der Waals surface area contributed by atoms with Gasteiger partial charge >= 0.3 is 0 Å². The zero-order valence-corrected chi connectivity index (χ0v) is 16.1. The SMILES string of the molecule is COc1cc2sc(=NC(=O)COc3ccc(Cl)cc3)n(C)c2cc1OC. The topological polar surface area (TPSA) is 62.0 Å². The van der Waals surface area contributed by atoms with Gasteiger partial charge in [-0.15, -0.1) is 0 Å². The van der Waals surface area contributed by atoms with E-state index in [1.807, 2.05) is 23.7 Å². The number of rotatable bonds is 5. The summed E-state index contributed by atoms with van der Waals surface area (Å²) in [5.74, 6) is 1.44. The number of aryl methyl sites for hydroxylation is 1. The molecule has 0 aliphatic rings. The molecule has 1 aromatic heterocycles. The number of thiazole rings is 1. The molecule has 1 heterocycles. The molecular formula is C18H17ClN2O4S. The first-order valence-corrected chi connectivity index (χ1v) is 8.88. The fourth-order valence-electron chi connectivity index (χ4n) is 2.38. The third kappa shape index (κ3) is 3.84. The van der Waals surface area contributed by atoms with Gasteiger partial charge in [-0.25, -0.2) is 0 Å². The molecule has 0 atom stereocenters. The number of fused-ring (bicyclic) bond motifs is 1. The molecule has 0 spiro atoms. The van der Waals surface area contributed by atoms with Crippen molar-refractivity contribution in [3.8, 4) is 17.2 Å². The van der Waals surface area contributed by atoms with Crippen molar-refractivity contribution in [3.63, 3.8) is 0 Å². The molecule has 0 saturated heterocycles. The Labute approximate surface area is 159 Å². The Kier molecular flexibility index (Phi) is 5.49. The highest BCUT2D eigenvalue weighted by atomic mass is 35.5. The molecule has 1 amide bonds. The fourth-order valence-corrected chi connectivity index (χ4v) is 3.55. The second kappa shape index (κ2) is 7.80. The summed E-state index contributed by atoms with van der Waals surface area (Å²) in [4.78, 5) is 16.9. The lowest BCUT2D eigenvalue weighted by atomic mass is 10.3. The number of benzene rings is 2. The maximum absolute atomic E-state index is 12.2. The van der Waals surface area contributed by atoms with Gasteiger partial charge in [-0.05, 0) is 24.3 Å². The number of ether oxygens (including phenoxy) is 3. The molecule has 3 rings (SSSR count). The van der Waals surface area contributed by atoms with E-state index in [2.05, 4.69) is 4.99 Å². The first kappa shape index (κ1) is 18.3. The van der Waals surface area contributed by atoms with Crippen LogP contribution in [0.1, 0.15) is 0 Å². The minimum absolute atomic E-state index is 0.150. The third-order valence-corrected chi connectivity index (χ3v) is 5.06. The molecule has 0 unspecified atom stereocenters. The van der Waals surface area contributed by atoms with Gasteiger partial charge in [-0.1, -0.05) is 22.9 Å². The van der Waals surface area contributed by atoms with Crippen molar-refractivity contribution in [1.29, 1.82) is 0 Å². The maximum Gasteiger partial charge on any atom is 0.286 e. The van der Waals surface area contributed by atoms with Gasteiger partial charge in [0.25, 0.3) is 5.91 Å². The lowest BCUT2D eigenvalue weighted by molar-refractivity contribution is -0.120. The highest BCUT2D eigenvalue weighted by molar-refractivity contribution is 7.16. The van der Waals surface area contributed by atoms with E-state index in [0.717, 1.165) is 10.2 Å². The van der Waals surface area contributed by atoms with Crippen LogP contribution in [0.25, 0.3) is 10.2 Å². The van der Waals surface area contributed by atoms with Gasteiger partial charge < -0.3 is 18.8 Å². The molecule has 0 N–H and O–H groups in total. The minimum atomic E-state index is -0.374. The standard InChI is InChI=1S/C18H17ClN2O4S/c1-21-13-8-14(23-2)15(24-3)9-16(13)26-18(21)20-17(22)10-25-12-6-4-11(19)5-7-12/h4-9H,10H2,1-3H3. The summed E-state index contributed by atoms with van der Waals surface area (Å²) in [6.45, 7) is -0.150. The lowest BCUT2D eigenvalue weighted by Gasteiger charge is -2.07. The number of aromatic nitrogens is 1. The summed E-state index contributed by atoms with van der Waals surface area (Å²) in [5, 5.41) is 0.608. The molecule has 0 aliphatic heterocycles. The molecule has 8 heteroatoms. The van der Waals surface area contributed by atoms with Gasteiger partial charge in [0.2, 0.25) is 0 Å². The van der Waals surface area contributed by atoms with Crippen molar-refractivity contribution in [3.05, 3.63) is 46.2 Å². The van der Waals surface area contributed by atoms with E-state index in [-0.39, 0.29) is 12.5 Å². The van der Waals surface area contributed by atoms with E-state index < -0.39 is 0 Å². The number of methoxy groups -OCH3 is 2. The van der Waals surface area contributed by atoms with Crippen LogP contribution in [0.2, 0.25) is 5.02 Å². The monoisotopic (exact) mass is 392 g/mol. The molecular weight excluding hydrogens is 376 g/mol. The van der Waals surface area contributed by atoms with E-state index in [4.69, 9.17) is 25.8 Å². The molecule has 0 bridgehead atoms. The number of halogens is 1. The first-order chi connectivity index (χ1) is 12.5. The van der Waals surface area contributed by atoms with Gasteiger partial charge in [-0.2, -0.15) is 4.99 Å². The van der Waals surface area contributed by atoms with Gasteiger partial charge in [0, 0.05) is 24.2 Å². The molecule has 26 heavy (non-hydrogen) atoms. The minimum Gasteiger partial charge on any atom is -0.493 e. The second-order valence-electron chi connectivity index (χ2n) is 5.37. The normalized spacial score (nSPS) is 11.6. The van der Waals surface area contributed by atoms with E-state index in [9.17, 15) is 4.79 Å². The van der Waals surface area contributed by atoms with Gasteiger partial charge in [-0.3, -0.25) is 4.79 Å².